The van der Waals surface area contributed by atoms with Crippen LogP contribution in [0.4, 0.5) is 0 Å². The Bertz CT molecular complexity index is 601. The molecule has 0 N–H and O–H groups in total. The molecular weight excluding hydrogens is 318 g/mol. The first-order chi connectivity index (χ1) is 10.4. The second-order valence-electron chi connectivity index (χ2n) is 5.62. The molecule has 2 atom stereocenters. The molecule has 1 heterocycles. The van der Waals surface area contributed by atoms with E-state index in [1.165, 1.54) is 5.56 Å². The summed E-state index contributed by atoms with van der Waals surface area (Å²) in [6, 6.07) is 9.90. The van der Waals surface area contributed by atoms with Gasteiger partial charge in [-0.3, -0.25) is 4.79 Å². The Balaban J connectivity index is 1.93. The minimum atomic E-state index is -2.97. The molecule has 0 aliphatic carbocycles. The van der Waals surface area contributed by atoms with Gasteiger partial charge >= 0.3 is 0 Å². The first-order valence-corrected chi connectivity index (χ1v) is 10.5. The Labute approximate surface area is 137 Å². The largest absolute Gasteiger partial charge is 0.338 e. The molecule has 0 saturated carbocycles. The molecule has 0 bridgehead atoms. The van der Waals surface area contributed by atoms with Crippen LogP contribution in [0, 0.1) is 0 Å². The molecule has 2 unspecified atom stereocenters. The van der Waals surface area contributed by atoms with Gasteiger partial charge in [0.15, 0.2) is 9.84 Å². The van der Waals surface area contributed by atoms with E-state index in [0.29, 0.717) is 13.0 Å². The molecule has 0 spiro atoms. The average Bonchev–Trinajstić information content (AvgIpc) is 2.86. The molecule has 1 saturated heterocycles. The number of rotatable bonds is 6. The van der Waals surface area contributed by atoms with E-state index in [4.69, 9.17) is 0 Å². The molecule has 22 heavy (non-hydrogen) atoms. The average molecular weight is 341 g/mol. The van der Waals surface area contributed by atoms with Crippen molar-refractivity contribution in [2.75, 3.05) is 18.1 Å². The minimum Gasteiger partial charge on any atom is -0.338 e. The Morgan fingerprint density at radius 3 is 2.59 bits per heavy atom. The molecule has 0 radical (unpaired) electrons. The lowest BCUT2D eigenvalue weighted by Crippen LogP contribution is -2.44. The number of nitrogens with zero attached hydrogens (tertiary/aromatic N) is 1. The molecule has 1 aromatic carbocycles. The van der Waals surface area contributed by atoms with Crippen LogP contribution in [-0.2, 0) is 20.4 Å². The lowest BCUT2D eigenvalue weighted by molar-refractivity contribution is -0.131. The van der Waals surface area contributed by atoms with E-state index in [2.05, 4.69) is 0 Å². The van der Waals surface area contributed by atoms with Crippen molar-refractivity contribution < 1.29 is 13.2 Å². The van der Waals surface area contributed by atoms with Crippen molar-refractivity contribution in [2.45, 2.75) is 37.3 Å². The maximum absolute atomic E-state index is 12.6. The van der Waals surface area contributed by atoms with Crippen LogP contribution in [0.15, 0.2) is 30.3 Å². The number of thioether (sulfide) groups is 1. The van der Waals surface area contributed by atoms with Gasteiger partial charge in [0.1, 0.15) is 0 Å². The van der Waals surface area contributed by atoms with Crippen LogP contribution in [0.3, 0.4) is 0 Å². The van der Waals surface area contributed by atoms with E-state index in [-0.39, 0.29) is 28.7 Å². The molecule has 1 aliphatic heterocycles. The van der Waals surface area contributed by atoms with Crippen molar-refractivity contribution in [3.05, 3.63) is 35.9 Å². The van der Waals surface area contributed by atoms with E-state index < -0.39 is 9.84 Å². The maximum Gasteiger partial charge on any atom is 0.235 e. The van der Waals surface area contributed by atoms with Crippen LogP contribution in [0.25, 0.3) is 0 Å². The normalized spacial score (nSPS) is 21.5. The highest BCUT2D eigenvalue weighted by molar-refractivity contribution is 7.99. The fraction of sp³-hybridized carbons (Fsp3) is 0.562. The zero-order chi connectivity index (χ0) is 16.2. The molecule has 1 aromatic rings. The Kier molecular flexibility index (Phi) is 5.92. The molecule has 1 fully saturated rings. The van der Waals surface area contributed by atoms with Crippen molar-refractivity contribution in [3.63, 3.8) is 0 Å². The van der Waals surface area contributed by atoms with Crippen molar-refractivity contribution in [1.29, 1.82) is 0 Å². The first kappa shape index (κ1) is 17.3. The summed E-state index contributed by atoms with van der Waals surface area (Å²) >= 11 is 1.60. The van der Waals surface area contributed by atoms with E-state index in [0.717, 1.165) is 5.75 Å². The number of sulfone groups is 1. The highest BCUT2D eigenvalue weighted by atomic mass is 32.2. The molecule has 1 amide bonds. The number of benzene rings is 1. The molecule has 122 valence electrons. The van der Waals surface area contributed by atoms with Gasteiger partial charge in [-0.15, -0.1) is 11.8 Å². The highest BCUT2D eigenvalue weighted by Crippen LogP contribution is 2.23. The fourth-order valence-corrected chi connectivity index (χ4v) is 5.36. The lowest BCUT2D eigenvalue weighted by Gasteiger charge is -2.29. The fourth-order valence-electron chi connectivity index (χ4n) is 2.72. The second-order valence-corrected chi connectivity index (χ2v) is 9.18. The third kappa shape index (κ3) is 4.49. The van der Waals surface area contributed by atoms with Gasteiger partial charge in [0, 0.05) is 18.3 Å². The topological polar surface area (TPSA) is 54.5 Å². The van der Waals surface area contributed by atoms with Crippen LogP contribution >= 0.6 is 11.8 Å². The number of amides is 1. The van der Waals surface area contributed by atoms with Gasteiger partial charge in [-0.2, -0.15) is 0 Å². The summed E-state index contributed by atoms with van der Waals surface area (Å²) in [7, 11) is -2.97. The SMILES string of the molecule is CCN(C(=O)C(C)SCc1ccccc1)C1CCS(=O)(=O)C1. The summed E-state index contributed by atoms with van der Waals surface area (Å²) < 4.78 is 23.2. The zero-order valence-corrected chi connectivity index (χ0v) is 14.7. The molecule has 2 rings (SSSR count). The van der Waals surface area contributed by atoms with Crippen LogP contribution in [0.2, 0.25) is 0 Å². The van der Waals surface area contributed by atoms with E-state index in [9.17, 15) is 13.2 Å². The van der Waals surface area contributed by atoms with Crippen LogP contribution < -0.4 is 0 Å². The Morgan fingerprint density at radius 1 is 1.36 bits per heavy atom. The highest BCUT2D eigenvalue weighted by Gasteiger charge is 2.35. The van der Waals surface area contributed by atoms with E-state index in [1.807, 2.05) is 44.2 Å². The molecule has 0 aromatic heterocycles. The summed E-state index contributed by atoms with van der Waals surface area (Å²) in [6.07, 6.45) is 0.567. The third-order valence-corrected chi connectivity index (χ3v) is 6.92. The summed E-state index contributed by atoms with van der Waals surface area (Å²) in [4.78, 5) is 14.3. The molecule has 4 nitrogen and oxygen atoms in total. The van der Waals surface area contributed by atoms with Crippen molar-refractivity contribution in [1.82, 2.24) is 4.90 Å². The van der Waals surface area contributed by atoms with Crippen molar-refractivity contribution in [2.24, 2.45) is 0 Å². The standard InChI is InChI=1S/C16H23NO3S2/c1-3-17(15-9-10-22(19,20)12-15)16(18)13(2)21-11-14-7-5-4-6-8-14/h4-8,13,15H,3,9-12H2,1-2H3. The van der Waals surface area contributed by atoms with Gasteiger partial charge in [0.05, 0.1) is 16.8 Å². The van der Waals surface area contributed by atoms with Crippen LogP contribution in [0.5, 0.6) is 0 Å². The van der Waals surface area contributed by atoms with Crippen molar-refractivity contribution in [3.8, 4) is 0 Å². The third-order valence-electron chi connectivity index (χ3n) is 3.96. The predicted octanol–water partition coefficient (Wildman–Crippen LogP) is 2.34. The summed E-state index contributed by atoms with van der Waals surface area (Å²) in [6.45, 7) is 4.38. The molecular formula is C16H23NO3S2. The summed E-state index contributed by atoms with van der Waals surface area (Å²) in [5.41, 5.74) is 1.19. The second kappa shape index (κ2) is 7.51. The first-order valence-electron chi connectivity index (χ1n) is 7.59. The number of carbonyl (C=O) groups is 1. The van der Waals surface area contributed by atoms with Crippen LogP contribution in [0.1, 0.15) is 25.8 Å². The minimum absolute atomic E-state index is 0.0468. The van der Waals surface area contributed by atoms with Crippen LogP contribution in [-0.4, -0.2) is 48.6 Å². The van der Waals surface area contributed by atoms with Gasteiger partial charge in [-0.1, -0.05) is 30.3 Å². The zero-order valence-electron chi connectivity index (χ0n) is 13.1. The van der Waals surface area contributed by atoms with Crippen molar-refractivity contribution >= 4 is 27.5 Å². The van der Waals surface area contributed by atoms with Gasteiger partial charge < -0.3 is 4.90 Å². The van der Waals surface area contributed by atoms with E-state index >= 15 is 0 Å². The predicted molar refractivity (Wildman–Crippen MR) is 91.6 cm³/mol. The van der Waals surface area contributed by atoms with Gasteiger partial charge in [-0.05, 0) is 25.8 Å². The quantitative estimate of drug-likeness (QED) is 0.797. The maximum atomic E-state index is 12.6. The number of hydrogen-bond acceptors (Lipinski definition) is 4. The Hall–Kier alpha value is -1.01. The monoisotopic (exact) mass is 341 g/mol. The summed E-state index contributed by atoms with van der Waals surface area (Å²) in [5.74, 6) is 1.15. The smallest absolute Gasteiger partial charge is 0.235 e. The van der Waals surface area contributed by atoms with Gasteiger partial charge in [-0.25, -0.2) is 8.42 Å². The van der Waals surface area contributed by atoms with E-state index in [1.54, 1.807) is 16.7 Å². The molecule has 1 aliphatic rings. The lowest BCUT2D eigenvalue weighted by atomic mass is 10.2. The summed E-state index contributed by atoms with van der Waals surface area (Å²) in [5, 5.41) is -0.163. The molecule has 6 heteroatoms. The Morgan fingerprint density at radius 2 is 2.05 bits per heavy atom. The van der Waals surface area contributed by atoms with Gasteiger partial charge in [0.2, 0.25) is 5.91 Å². The number of carbonyl (C=O) groups excluding carboxylic acids is 1. The number of hydrogen-bond donors (Lipinski definition) is 0. The van der Waals surface area contributed by atoms with Gasteiger partial charge in [0.25, 0.3) is 0 Å².